The molecule has 0 saturated carbocycles. The van der Waals surface area contributed by atoms with Crippen LogP contribution in [0.25, 0.3) is 0 Å². The molecule has 0 radical (unpaired) electrons. The molecule has 1 atom stereocenters. The predicted molar refractivity (Wildman–Crippen MR) is 99.0 cm³/mol. The summed E-state index contributed by atoms with van der Waals surface area (Å²) < 4.78 is 10.2. The van der Waals surface area contributed by atoms with Crippen LogP contribution in [0.1, 0.15) is 46.0 Å². The van der Waals surface area contributed by atoms with E-state index < -0.39 is 23.9 Å². The van der Waals surface area contributed by atoms with Crippen LogP contribution in [0.4, 0.5) is 5.69 Å². The molecule has 27 heavy (non-hydrogen) atoms. The van der Waals surface area contributed by atoms with E-state index in [2.05, 4.69) is 15.3 Å². The number of nitrogens with one attached hydrogen (secondary N) is 2. The fourth-order valence-electron chi connectivity index (χ4n) is 2.45. The quantitative estimate of drug-likeness (QED) is 0.576. The molecule has 0 spiro atoms. The maximum absolute atomic E-state index is 12.5. The van der Waals surface area contributed by atoms with Crippen molar-refractivity contribution in [3.8, 4) is 0 Å². The first-order valence-corrected chi connectivity index (χ1v) is 8.62. The minimum atomic E-state index is -1.09. The molecule has 0 aliphatic rings. The van der Waals surface area contributed by atoms with Gasteiger partial charge in [0.05, 0.1) is 17.9 Å². The SMILES string of the molecule is CCOC(=O)c1[nH]c(C)c(C(=O)O[C@H](C)C(=O)Nc2cccnc2Cl)c1C. The lowest BCUT2D eigenvalue weighted by molar-refractivity contribution is -0.123. The van der Waals surface area contributed by atoms with E-state index in [0.29, 0.717) is 16.9 Å². The summed E-state index contributed by atoms with van der Waals surface area (Å²) in [5.41, 5.74) is 1.53. The van der Waals surface area contributed by atoms with E-state index in [0.717, 1.165) is 0 Å². The van der Waals surface area contributed by atoms with Crippen molar-refractivity contribution in [3.05, 3.63) is 46.0 Å². The summed E-state index contributed by atoms with van der Waals surface area (Å²) in [6.45, 7) is 6.57. The number of amides is 1. The number of hydrogen-bond donors (Lipinski definition) is 2. The van der Waals surface area contributed by atoms with E-state index in [4.69, 9.17) is 21.1 Å². The summed E-state index contributed by atoms with van der Waals surface area (Å²) in [6, 6.07) is 3.19. The number of carbonyl (C=O) groups is 3. The highest BCUT2D eigenvalue weighted by Crippen LogP contribution is 2.21. The van der Waals surface area contributed by atoms with E-state index in [1.54, 1.807) is 32.9 Å². The molecule has 2 rings (SSSR count). The number of carbonyl (C=O) groups excluding carboxylic acids is 3. The maximum atomic E-state index is 12.5. The van der Waals surface area contributed by atoms with E-state index in [9.17, 15) is 14.4 Å². The lowest BCUT2D eigenvalue weighted by Gasteiger charge is -2.14. The lowest BCUT2D eigenvalue weighted by Crippen LogP contribution is -2.30. The Hall–Kier alpha value is -2.87. The number of rotatable bonds is 6. The number of aromatic nitrogens is 2. The van der Waals surface area contributed by atoms with Gasteiger partial charge in [0.15, 0.2) is 11.3 Å². The molecule has 9 heteroatoms. The molecule has 2 aromatic heterocycles. The van der Waals surface area contributed by atoms with Gasteiger partial charge in [0, 0.05) is 11.9 Å². The Morgan fingerprint density at radius 1 is 1.30 bits per heavy atom. The molecule has 1 amide bonds. The highest BCUT2D eigenvalue weighted by molar-refractivity contribution is 6.32. The van der Waals surface area contributed by atoms with E-state index in [-0.39, 0.29) is 23.0 Å². The first-order chi connectivity index (χ1) is 12.8. The Labute approximate surface area is 161 Å². The molecule has 2 aromatic rings. The van der Waals surface area contributed by atoms with Gasteiger partial charge < -0.3 is 19.8 Å². The average Bonchev–Trinajstić information content (AvgIpc) is 2.91. The summed E-state index contributed by atoms with van der Waals surface area (Å²) in [4.78, 5) is 43.4. The summed E-state index contributed by atoms with van der Waals surface area (Å²) in [7, 11) is 0. The fraction of sp³-hybridized carbons (Fsp3) is 0.333. The van der Waals surface area contributed by atoms with Gasteiger partial charge in [-0.25, -0.2) is 14.6 Å². The minimum Gasteiger partial charge on any atom is -0.461 e. The molecule has 0 aliphatic carbocycles. The second-order valence-corrected chi connectivity index (χ2v) is 6.08. The highest BCUT2D eigenvalue weighted by Gasteiger charge is 2.26. The van der Waals surface area contributed by atoms with Crippen molar-refractivity contribution in [3.63, 3.8) is 0 Å². The Bertz CT molecular complexity index is 878. The van der Waals surface area contributed by atoms with E-state index in [1.807, 2.05) is 0 Å². The standard InChI is InChI=1S/C18H20ClN3O5/c1-5-26-18(25)14-9(2)13(10(3)21-14)17(24)27-11(4)16(23)22-12-7-6-8-20-15(12)19/h6-8,11,21H,5H2,1-4H3,(H,22,23)/t11-/m1/s1. The van der Waals surface area contributed by atoms with Crippen molar-refractivity contribution in [2.75, 3.05) is 11.9 Å². The van der Waals surface area contributed by atoms with Gasteiger partial charge in [0.25, 0.3) is 5.91 Å². The molecule has 144 valence electrons. The number of aromatic amines is 1. The van der Waals surface area contributed by atoms with Gasteiger partial charge in [-0.2, -0.15) is 0 Å². The predicted octanol–water partition coefficient (Wildman–Crippen LogP) is 3.04. The van der Waals surface area contributed by atoms with Crippen molar-refractivity contribution in [2.45, 2.75) is 33.8 Å². The first-order valence-electron chi connectivity index (χ1n) is 8.24. The van der Waals surface area contributed by atoms with Crippen LogP contribution in [-0.4, -0.2) is 40.5 Å². The molecule has 0 unspecified atom stereocenters. The molecule has 2 heterocycles. The Morgan fingerprint density at radius 2 is 2.00 bits per heavy atom. The number of ether oxygens (including phenoxy) is 2. The maximum Gasteiger partial charge on any atom is 0.355 e. The third-order valence-electron chi connectivity index (χ3n) is 3.79. The van der Waals surface area contributed by atoms with Gasteiger partial charge in [0.1, 0.15) is 5.69 Å². The summed E-state index contributed by atoms with van der Waals surface area (Å²) in [5.74, 6) is -1.85. The van der Waals surface area contributed by atoms with Gasteiger partial charge in [-0.3, -0.25) is 4.79 Å². The zero-order chi connectivity index (χ0) is 20.1. The number of halogens is 1. The zero-order valence-corrected chi connectivity index (χ0v) is 16.1. The molecular weight excluding hydrogens is 374 g/mol. The van der Waals surface area contributed by atoms with Gasteiger partial charge in [-0.05, 0) is 45.4 Å². The molecule has 0 aromatic carbocycles. The van der Waals surface area contributed by atoms with Gasteiger partial charge >= 0.3 is 11.9 Å². The van der Waals surface area contributed by atoms with Crippen LogP contribution in [0, 0.1) is 13.8 Å². The molecule has 0 bridgehead atoms. The van der Waals surface area contributed by atoms with E-state index >= 15 is 0 Å². The number of H-pyrrole nitrogens is 1. The first kappa shape index (κ1) is 20.4. The number of pyridine rings is 1. The third-order valence-corrected chi connectivity index (χ3v) is 4.09. The average molecular weight is 394 g/mol. The van der Waals surface area contributed by atoms with Gasteiger partial charge in [0.2, 0.25) is 0 Å². The van der Waals surface area contributed by atoms with Crippen molar-refractivity contribution >= 4 is 35.1 Å². The summed E-state index contributed by atoms with van der Waals surface area (Å²) >= 11 is 5.89. The van der Waals surface area contributed by atoms with Crippen LogP contribution in [0.15, 0.2) is 18.3 Å². The number of aryl methyl sites for hydroxylation is 1. The van der Waals surface area contributed by atoms with Crippen molar-refractivity contribution in [1.82, 2.24) is 9.97 Å². The largest absolute Gasteiger partial charge is 0.461 e. The van der Waals surface area contributed by atoms with Gasteiger partial charge in [-0.15, -0.1) is 0 Å². The van der Waals surface area contributed by atoms with Crippen LogP contribution in [0.5, 0.6) is 0 Å². The summed E-state index contributed by atoms with van der Waals surface area (Å²) in [5, 5.41) is 2.67. The highest BCUT2D eigenvalue weighted by atomic mass is 35.5. The van der Waals surface area contributed by atoms with Crippen molar-refractivity contribution in [2.24, 2.45) is 0 Å². The fourth-order valence-corrected chi connectivity index (χ4v) is 2.62. The van der Waals surface area contributed by atoms with Crippen LogP contribution in [-0.2, 0) is 14.3 Å². The molecule has 0 saturated heterocycles. The topological polar surface area (TPSA) is 110 Å². The van der Waals surface area contributed by atoms with E-state index in [1.165, 1.54) is 13.1 Å². The third kappa shape index (κ3) is 4.65. The second-order valence-electron chi connectivity index (χ2n) is 5.72. The van der Waals surface area contributed by atoms with Crippen LogP contribution >= 0.6 is 11.6 Å². The monoisotopic (exact) mass is 393 g/mol. The van der Waals surface area contributed by atoms with Crippen LogP contribution in [0.3, 0.4) is 0 Å². The molecular formula is C18H20ClN3O5. The molecule has 8 nitrogen and oxygen atoms in total. The number of hydrogen-bond acceptors (Lipinski definition) is 6. The summed E-state index contributed by atoms with van der Waals surface area (Å²) in [6.07, 6.45) is 0.397. The number of esters is 2. The normalized spacial score (nSPS) is 11.6. The zero-order valence-electron chi connectivity index (χ0n) is 15.4. The van der Waals surface area contributed by atoms with Gasteiger partial charge in [-0.1, -0.05) is 11.6 Å². The van der Waals surface area contributed by atoms with Crippen LogP contribution < -0.4 is 5.32 Å². The molecule has 2 N–H and O–H groups in total. The minimum absolute atomic E-state index is 0.126. The lowest BCUT2D eigenvalue weighted by atomic mass is 10.1. The smallest absolute Gasteiger partial charge is 0.355 e. The van der Waals surface area contributed by atoms with Crippen molar-refractivity contribution in [1.29, 1.82) is 0 Å². The Balaban J connectivity index is 2.11. The Kier molecular flexibility index (Phi) is 6.57. The molecule has 0 fully saturated rings. The number of anilines is 1. The molecule has 0 aliphatic heterocycles. The van der Waals surface area contributed by atoms with Crippen LogP contribution in [0.2, 0.25) is 5.15 Å². The number of nitrogens with zero attached hydrogens (tertiary/aromatic N) is 1. The Morgan fingerprint density at radius 3 is 2.63 bits per heavy atom. The second kappa shape index (κ2) is 8.68. The van der Waals surface area contributed by atoms with Crippen molar-refractivity contribution < 1.29 is 23.9 Å².